The third kappa shape index (κ3) is 7.14. The summed E-state index contributed by atoms with van der Waals surface area (Å²) in [5, 5.41) is 3.34. The third-order valence-corrected chi connectivity index (χ3v) is 6.32. The molecule has 0 aliphatic rings. The molecule has 0 saturated carbocycles. The smallest absolute Gasteiger partial charge is 0.242 e. The number of carbonyl (C=O) groups excluding carboxylic acids is 2. The highest BCUT2D eigenvalue weighted by molar-refractivity contribution is 7.99. The number of rotatable bonds is 10. The number of amides is 2. The summed E-state index contributed by atoms with van der Waals surface area (Å²) in [5.41, 5.74) is 3.06. The molecule has 0 aliphatic carbocycles. The van der Waals surface area contributed by atoms with Crippen molar-refractivity contribution in [3.8, 4) is 0 Å². The zero-order valence-corrected chi connectivity index (χ0v) is 19.6. The first kappa shape index (κ1) is 23.9. The third-order valence-electron chi connectivity index (χ3n) is 5.10. The average molecular weight is 467 g/mol. The van der Waals surface area contributed by atoms with E-state index in [1.165, 1.54) is 5.56 Å². The Hall–Kier alpha value is -2.76. The summed E-state index contributed by atoms with van der Waals surface area (Å²) in [4.78, 5) is 27.9. The molecule has 3 rings (SSSR count). The van der Waals surface area contributed by atoms with E-state index in [0.29, 0.717) is 18.0 Å². The molecule has 166 valence electrons. The molecule has 0 aromatic heterocycles. The molecule has 0 fully saturated rings. The Morgan fingerprint density at radius 1 is 0.906 bits per heavy atom. The summed E-state index contributed by atoms with van der Waals surface area (Å²) in [6, 6.07) is 26.6. The van der Waals surface area contributed by atoms with Crippen LogP contribution in [0.1, 0.15) is 16.7 Å². The summed E-state index contributed by atoms with van der Waals surface area (Å²) >= 11 is 7.72. The molecule has 1 N–H and O–H groups in total. The molecule has 1 atom stereocenters. The van der Waals surface area contributed by atoms with Crippen molar-refractivity contribution in [2.24, 2.45) is 0 Å². The first-order chi connectivity index (χ1) is 15.6. The van der Waals surface area contributed by atoms with Gasteiger partial charge in [0.1, 0.15) is 6.04 Å². The van der Waals surface area contributed by atoms with Crippen molar-refractivity contribution >= 4 is 35.2 Å². The van der Waals surface area contributed by atoms with Gasteiger partial charge in [-0.15, -0.1) is 11.8 Å². The van der Waals surface area contributed by atoms with Gasteiger partial charge >= 0.3 is 0 Å². The Balaban J connectivity index is 1.81. The second-order valence-electron chi connectivity index (χ2n) is 7.45. The van der Waals surface area contributed by atoms with Crippen LogP contribution in [-0.2, 0) is 28.3 Å². The van der Waals surface area contributed by atoms with E-state index in [1.54, 1.807) is 29.8 Å². The molecule has 0 bridgehead atoms. The van der Waals surface area contributed by atoms with Crippen molar-refractivity contribution in [3.63, 3.8) is 0 Å². The van der Waals surface area contributed by atoms with Crippen LogP contribution in [0.25, 0.3) is 0 Å². The van der Waals surface area contributed by atoms with E-state index in [9.17, 15) is 9.59 Å². The predicted molar refractivity (Wildman–Crippen MR) is 133 cm³/mol. The summed E-state index contributed by atoms with van der Waals surface area (Å²) in [6.45, 7) is 0.316. The molecule has 0 aliphatic heterocycles. The molecular weight excluding hydrogens is 440 g/mol. The molecule has 0 unspecified atom stereocenters. The van der Waals surface area contributed by atoms with Crippen LogP contribution in [0.2, 0.25) is 5.02 Å². The Labute approximate surface area is 199 Å². The molecule has 3 aromatic carbocycles. The topological polar surface area (TPSA) is 49.4 Å². The molecule has 3 aromatic rings. The van der Waals surface area contributed by atoms with E-state index in [0.717, 1.165) is 16.9 Å². The number of hydrogen-bond donors (Lipinski definition) is 1. The molecule has 32 heavy (non-hydrogen) atoms. The van der Waals surface area contributed by atoms with Gasteiger partial charge in [0.2, 0.25) is 11.8 Å². The fraction of sp³-hybridized carbons (Fsp3) is 0.231. The normalized spacial score (nSPS) is 11.6. The number of halogens is 1. The van der Waals surface area contributed by atoms with Crippen LogP contribution in [0, 0.1) is 0 Å². The van der Waals surface area contributed by atoms with Crippen molar-refractivity contribution in [1.29, 1.82) is 0 Å². The van der Waals surface area contributed by atoms with Crippen LogP contribution in [-0.4, -0.2) is 35.6 Å². The lowest BCUT2D eigenvalue weighted by atomic mass is 10.0. The van der Waals surface area contributed by atoms with E-state index in [4.69, 9.17) is 11.6 Å². The number of nitrogens with zero attached hydrogens (tertiary/aromatic N) is 1. The van der Waals surface area contributed by atoms with Gasteiger partial charge in [-0.1, -0.05) is 84.4 Å². The zero-order chi connectivity index (χ0) is 22.8. The van der Waals surface area contributed by atoms with E-state index in [2.05, 4.69) is 5.32 Å². The Bertz CT molecular complexity index is 1010. The van der Waals surface area contributed by atoms with E-state index in [-0.39, 0.29) is 17.6 Å². The minimum Gasteiger partial charge on any atom is -0.357 e. The van der Waals surface area contributed by atoms with Gasteiger partial charge in [0.15, 0.2) is 0 Å². The highest BCUT2D eigenvalue weighted by Gasteiger charge is 2.29. The first-order valence-electron chi connectivity index (χ1n) is 10.5. The highest BCUT2D eigenvalue weighted by atomic mass is 35.5. The van der Waals surface area contributed by atoms with Crippen LogP contribution >= 0.6 is 23.4 Å². The summed E-state index contributed by atoms with van der Waals surface area (Å²) < 4.78 is 0. The van der Waals surface area contributed by atoms with E-state index >= 15 is 0 Å². The minimum absolute atomic E-state index is 0.0737. The maximum absolute atomic E-state index is 13.4. The lowest BCUT2D eigenvalue weighted by molar-refractivity contribution is -0.139. The van der Waals surface area contributed by atoms with Gasteiger partial charge < -0.3 is 10.2 Å². The SMILES string of the molecule is CNC(=O)[C@@H](Cc1ccccc1)N(Cc1cccc(Cl)c1)C(=O)CSCc1ccccc1. The molecule has 0 spiro atoms. The van der Waals surface area contributed by atoms with Gasteiger partial charge in [-0.3, -0.25) is 9.59 Å². The fourth-order valence-corrected chi connectivity index (χ4v) is 4.55. The van der Waals surface area contributed by atoms with Gasteiger partial charge in [-0.25, -0.2) is 0 Å². The summed E-state index contributed by atoms with van der Waals surface area (Å²) in [6.07, 6.45) is 0.441. The molecule has 4 nitrogen and oxygen atoms in total. The van der Waals surface area contributed by atoms with Gasteiger partial charge in [0.25, 0.3) is 0 Å². The molecular formula is C26H27ClN2O2S. The van der Waals surface area contributed by atoms with Crippen LogP contribution in [0.5, 0.6) is 0 Å². The van der Waals surface area contributed by atoms with Crippen molar-refractivity contribution < 1.29 is 9.59 Å². The Morgan fingerprint density at radius 3 is 2.16 bits per heavy atom. The van der Waals surface area contributed by atoms with E-state index < -0.39 is 6.04 Å². The van der Waals surface area contributed by atoms with Crippen molar-refractivity contribution in [2.45, 2.75) is 24.8 Å². The van der Waals surface area contributed by atoms with Crippen LogP contribution in [0.15, 0.2) is 84.9 Å². The number of hydrogen-bond acceptors (Lipinski definition) is 3. The summed E-state index contributed by atoms with van der Waals surface area (Å²) in [5.74, 6) is 0.770. The van der Waals surface area contributed by atoms with Gasteiger partial charge in [0.05, 0.1) is 5.75 Å². The maximum Gasteiger partial charge on any atom is 0.242 e. The lowest BCUT2D eigenvalue weighted by Gasteiger charge is -2.31. The van der Waals surface area contributed by atoms with Gasteiger partial charge in [0, 0.05) is 30.8 Å². The number of thioether (sulfide) groups is 1. The highest BCUT2D eigenvalue weighted by Crippen LogP contribution is 2.20. The van der Waals surface area contributed by atoms with Crippen molar-refractivity contribution in [3.05, 3.63) is 107 Å². The average Bonchev–Trinajstić information content (AvgIpc) is 2.82. The molecule has 0 radical (unpaired) electrons. The van der Waals surface area contributed by atoms with Gasteiger partial charge in [-0.05, 0) is 28.8 Å². The summed E-state index contributed by atoms with van der Waals surface area (Å²) in [7, 11) is 1.60. The van der Waals surface area contributed by atoms with Gasteiger partial charge in [-0.2, -0.15) is 0 Å². The number of carbonyl (C=O) groups is 2. The molecule has 6 heteroatoms. The first-order valence-corrected chi connectivity index (χ1v) is 12.0. The quantitative estimate of drug-likeness (QED) is 0.459. The monoisotopic (exact) mass is 466 g/mol. The number of likely N-dealkylation sites (N-methyl/N-ethyl adjacent to an activating group) is 1. The van der Waals surface area contributed by atoms with Crippen molar-refractivity contribution in [2.75, 3.05) is 12.8 Å². The predicted octanol–water partition coefficient (Wildman–Crippen LogP) is 4.96. The van der Waals surface area contributed by atoms with Crippen LogP contribution in [0.4, 0.5) is 0 Å². The van der Waals surface area contributed by atoms with Crippen LogP contribution in [0.3, 0.4) is 0 Å². The second-order valence-corrected chi connectivity index (χ2v) is 8.87. The number of nitrogens with one attached hydrogen (secondary N) is 1. The zero-order valence-electron chi connectivity index (χ0n) is 18.0. The largest absolute Gasteiger partial charge is 0.357 e. The number of benzene rings is 3. The second kappa shape index (κ2) is 12.3. The Morgan fingerprint density at radius 2 is 1.53 bits per heavy atom. The van der Waals surface area contributed by atoms with Crippen LogP contribution < -0.4 is 5.32 Å². The maximum atomic E-state index is 13.4. The molecule has 2 amide bonds. The lowest BCUT2D eigenvalue weighted by Crippen LogP contribution is -2.50. The Kier molecular flexibility index (Phi) is 9.20. The van der Waals surface area contributed by atoms with Crippen molar-refractivity contribution in [1.82, 2.24) is 10.2 Å². The molecule has 0 saturated heterocycles. The molecule has 0 heterocycles. The fourth-order valence-electron chi connectivity index (χ4n) is 3.47. The minimum atomic E-state index is -0.619. The van der Waals surface area contributed by atoms with E-state index in [1.807, 2.05) is 78.9 Å². The standard InChI is InChI=1S/C26H27ClN2O2S/c1-28-26(31)24(16-20-9-4-2-5-10-20)29(17-22-13-8-14-23(27)15-22)25(30)19-32-18-21-11-6-3-7-12-21/h2-15,24H,16-19H2,1H3,(H,28,31)/t24-/m1/s1.